The van der Waals surface area contributed by atoms with Gasteiger partial charge < -0.3 is 5.32 Å². The van der Waals surface area contributed by atoms with Gasteiger partial charge >= 0.3 is 0 Å². The predicted octanol–water partition coefficient (Wildman–Crippen LogP) is 4.39. The van der Waals surface area contributed by atoms with Crippen LogP contribution in [0.25, 0.3) is 10.9 Å². The lowest BCUT2D eigenvalue weighted by atomic mass is 10.0. The van der Waals surface area contributed by atoms with Crippen molar-refractivity contribution < 1.29 is 0 Å². The van der Waals surface area contributed by atoms with Crippen LogP contribution in [-0.4, -0.2) is 11.5 Å². The van der Waals surface area contributed by atoms with Gasteiger partial charge in [-0.25, -0.2) is 0 Å². The fourth-order valence-electron chi connectivity index (χ4n) is 2.40. The summed E-state index contributed by atoms with van der Waals surface area (Å²) < 4.78 is 0. The smallest absolute Gasteiger partial charge is 0.0702 e. The van der Waals surface area contributed by atoms with Crippen LogP contribution in [0.15, 0.2) is 53.4 Å². The van der Waals surface area contributed by atoms with E-state index in [2.05, 4.69) is 58.3 Å². The lowest BCUT2D eigenvalue weighted by molar-refractivity contribution is 0.599. The molecule has 2 nitrogen and oxygen atoms in total. The number of fused-ring (bicyclic) bond motifs is 1. The molecule has 0 aliphatic carbocycles. The van der Waals surface area contributed by atoms with Gasteiger partial charge in [0.05, 0.1) is 11.6 Å². The van der Waals surface area contributed by atoms with Crippen molar-refractivity contribution in [1.29, 1.82) is 0 Å². The minimum Gasteiger partial charge on any atom is -0.306 e. The molecule has 2 aromatic heterocycles. The minimum atomic E-state index is 0.235. The summed E-state index contributed by atoms with van der Waals surface area (Å²) in [5.74, 6) is 0. The second-order valence-electron chi connectivity index (χ2n) is 4.91. The summed E-state index contributed by atoms with van der Waals surface area (Å²) in [4.78, 5) is 4.58. The van der Waals surface area contributed by atoms with E-state index in [1.54, 1.807) is 11.3 Å². The van der Waals surface area contributed by atoms with Gasteiger partial charge in [0.15, 0.2) is 0 Å². The molecule has 1 unspecified atom stereocenters. The Morgan fingerprint density at radius 2 is 2.10 bits per heavy atom. The van der Waals surface area contributed by atoms with Crippen LogP contribution in [0.5, 0.6) is 0 Å². The Hall–Kier alpha value is -1.71. The van der Waals surface area contributed by atoms with Gasteiger partial charge in [-0.2, -0.15) is 11.3 Å². The van der Waals surface area contributed by atoms with Gasteiger partial charge in [0.1, 0.15) is 0 Å². The highest BCUT2D eigenvalue weighted by Crippen LogP contribution is 2.25. The summed E-state index contributed by atoms with van der Waals surface area (Å²) in [6, 6.07) is 12.9. The number of benzene rings is 1. The molecule has 3 rings (SSSR count). The van der Waals surface area contributed by atoms with Crippen LogP contribution in [0.4, 0.5) is 0 Å². The van der Waals surface area contributed by atoms with Gasteiger partial charge in [-0.3, -0.25) is 4.98 Å². The molecule has 0 aliphatic heterocycles. The Kier molecular flexibility index (Phi) is 4.09. The third-order valence-corrected chi connectivity index (χ3v) is 4.12. The third-order valence-electron chi connectivity index (χ3n) is 3.42. The number of hydrogen-bond acceptors (Lipinski definition) is 3. The Balaban J connectivity index is 1.99. The second kappa shape index (κ2) is 6.16. The van der Waals surface area contributed by atoms with E-state index in [4.69, 9.17) is 0 Å². The van der Waals surface area contributed by atoms with Crippen molar-refractivity contribution in [3.63, 3.8) is 0 Å². The second-order valence-corrected chi connectivity index (χ2v) is 5.69. The van der Waals surface area contributed by atoms with Crippen molar-refractivity contribution in [3.8, 4) is 0 Å². The van der Waals surface area contributed by atoms with E-state index in [0.29, 0.717) is 0 Å². The molecule has 0 saturated heterocycles. The molecule has 0 spiro atoms. The standard InChI is InChI=1S/C17H18N2S/c1-2-8-18-17(14-7-9-20-12-14)15-10-13-5-3-4-6-16(13)19-11-15/h3-7,9-12,17-18H,2,8H2,1H3. The van der Waals surface area contributed by atoms with Gasteiger partial charge in [-0.1, -0.05) is 25.1 Å². The topological polar surface area (TPSA) is 24.9 Å². The maximum Gasteiger partial charge on any atom is 0.0702 e. The Morgan fingerprint density at radius 1 is 1.20 bits per heavy atom. The number of nitrogens with zero attached hydrogens (tertiary/aromatic N) is 1. The van der Waals surface area contributed by atoms with Gasteiger partial charge in [0.25, 0.3) is 0 Å². The van der Waals surface area contributed by atoms with E-state index in [0.717, 1.165) is 18.5 Å². The fourth-order valence-corrected chi connectivity index (χ4v) is 3.09. The molecule has 0 aliphatic rings. The number of thiophene rings is 1. The molecule has 102 valence electrons. The van der Waals surface area contributed by atoms with Crippen molar-refractivity contribution in [1.82, 2.24) is 10.3 Å². The highest BCUT2D eigenvalue weighted by atomic mass is 32.1. The fraction of sp³-hybridized carbons (Fsp3) is 0.235. The molecule has 3 heteroatoms. The molecule has 0 bridgehead atoms. The number of pyridine rings is 1. The summed E-state index contributed by atoms with van der Waals surface area (Å²) in [5, 5.41) is 9.16. The number of aromatic nitrogens is 1. The number of hydrogen-bond donors (Lipinski definition) is 1. The Morgan fingerprint density at radius 3 is 2.90 bits per heavy atom. The first-order chi connectivity index (χ1) is 9.88. The zero-order valence-corrected chi connectivity index (χ0v) is 12.4. The van der Waals surface area contributed by atoms with Crippen LogP contribution in [-0.2, 0) is 0 Å². The van der Waals surface area contributed by atoms with Crippen LogP contribution >= 0.6 is 11.3 Å². The highest BCUT2D eigenvalue weighted by Gasteiger charge is 2.14. The molecule has 0 amide bonds. The van der Waals surface area contributed by atoms with Gasteiger partial charge in [0.2, 0.25) is 0 Å². The van der Waals surface area contributed by atoms with Crippen LogP contribution in [0, 0.1) is 0 Å². The molecular weight excluding hydrogens is 264 g/mol. The quantitative estimate of drug-likeness (QED) is 0.751. The average Bonchev–Trinajstić information content (AvgIpc) is 3.02. The first-order valence-electron chi connectivity index (χ1n) is 6.98. The Bertz CT molecular complexity index is 676. The molecule has 3 aromatic rings. The van der Waals surface area contributed by atoms with E-state index < -0.39 is 0 Å². The van der Waals surface area contributed by atoms with E-state index in [-0.39, 0.29) is 6.04 Å². The van der Waals surface area contributed by atoms with Crippen molar-refractivity contribution >= 4 is 22.2 Å². The minimum absolute atomic E-state index is 0.235. The van der Waals surface area contributed by atoms with Crippen LogP contribution in [0.1, 0.15) is 30.5 Å². The summed E-state index contributed by atoms with van der Waals surface area (Å²) in [6.45, 7) is 3.20. The summed E-state index contributed by atoms with van der Waals surface area (Å²) in [6.07, 6.45) is 3.12. The normalized spacial score (nSPS) is 12.7. The Labute approximate surface area is 123 Å². The average molecular weight is 282 g/mol. The van der Waals surface area contributed by atoms with Crippen LogP contribution in [0.3, 0.4) is 0 Å². The molecule has 1 aromatic carbocycles. The summed E-state index contributed by atoms with van der Waals surface area (Å²) >= 11 is 1.74. The lowest BCUT2D eigenvalue weighted by Gasteiger charge is -2.18. The molecule has 0 fully saturated rings. The van der Waals surface area contributed by atoms with Gasteiger partial charge in [0, 0.05) is 11.6 Å². The zero-order valence-electron chi connectivity index (χ0n) is 11.5. The molecule has 0 radical (unpaired) electrons. The monoisotopic (exact) mass is 282 g/mol. The summed E-state index contributed by atoms with van der Waals surface area (Å²) in [5.41, 5.74) is 3.60. The molecule has 1 atom stereocenters. The molecule has 20 heavy (non-hydrogen) atoms. The molecule has 1 N–H and O–H groups in total. The SMILES string of the molecule is CCCNC(c1ccsc1)c1cnc2ccccc2c1. The van der Waals surface area contributed by atoms with Crippen molar-refractivity contribution in [2.45, 2.75) is 19.4 Å². The van der Waals surface area contributed by atoms with Crippen molar-refractivity contribution in [2.24, 2.45) is 0 Å². The van der Waals surface area contributed by atoms with Crippen molar-refractivity contribution in [2.75, 3.05) is 6.54 Å². The van der Waals surface area contributed by atoms with E-state index in [1.807, 2.05) is 12.3 Å². The lowest BCUT2D eigenvalue weighted by Crippen LogP contribution is -2.22. The number of para-hydroxylation sites is 1. The third kappa shape index (κ3) is 2.74. The largest absolute Gasteiger partial charge is 0.306 e. The molecular formula is C17H18N2S. The first kappa shape index (κ1) is 13.3. The van der Waals surface area contributed by atoms with Gasteiger partial charge in [-0.15, -0.1) is 0 Å². The first-order valence-corrected chi connectivity index (χ1v) is 7.93. The molecule has 2 heterocycles. The summed E-state index contributed by atoms with van der Waals surface area (Å²) in [7, 11) is 0. The predicted molar refractivity (Wildman–Crippen MR) is 86.2 cm³/mol. The number of nitrogens with one attached hydrogen (secondary N) is 1. The number of rotatable bonds is 5. The van der Waals surface area contributed by atoms with Crippen LogP contribution in [0.2, 0.25) is 0 Å². The van der Waals surface area contributed by atoms with E-state index in [1.165, 1.54) is 16.5 Å². The van der Waals surface area contributed by atoms with E-state index in [9.17, 15) is 0 Å². The molecule has 0 saturated carbocycles. The maximum absolute atomic E-state index is 4.58. The van der Waals surface area contributed by atoms with E-state index >= 15 is 0 Å². The highest BCUT2D eigenvalue weighted by molar-refractivity contribution is 7.08. The zero-order chi connectivity index (χ0) is 13.8. The van der Waals surface area contributed by atoms with Gasteiger partial charge in [-0.05, 0) is 53.1 Å². The maximum atomic E-state index is 4.58. The van der Waals surface area contributed by atoms with Crippen LogP contribution < -0.4 is 5.32 Å². The van der Waals surface area contributed by atoms with Crippen molar-refractivity contribution in [3.05, 3.63) is 64.5 Å².